The van der Waals surface area contributed by atoms with Gasteiger partial charge in [0.2, 0.25) is 0 Å². The first kappa shape index (κ1) is 13.5. The van der Waals surface area contributed by atoms with Gasteiger partial charge in [0.15, 0.2) is 6.29 Å². The maximum atomic E-state index is 10.8. The molecular formula is C11H13NO4S. The Morgan fingerprint density at radius 1 is 1.53 bits per heavy atom. The molecule has 0 atom stereocenters. The van der Waals surface area contributed by atoms with Crippen LogP contribution in [0.1, 0.15) is 17.3 Å². The Hall–Kier alpha value is -1.56. The summed E-state index contributed by atoms with van der Waals surface area (Å²) in [6.07, 6.45) is 0.565. The van der Waals surface area contributed by atoms with Crippen molar-refractivity contribution in [1.29, 1.82) is 0 Å². The zero-order chi connectivity index (χ0) is 12.7. The predicted octanol–water partition coefficient (Wildman–Crippen LogP) is 2.54. The van der Waals surface area contributed by atoms with E-state index in [1.54, 1.807) is 11.8 Å². The summed E-state index contributed by atoms with van der Waals surface area (Å²) in [4.78, 5) is 20.8. The Bertz CT molecular complexity index is 408. The van der Waals surface area contributed by atoms with Gasteiger partial charge in [-0.3, -0.25) is 14.9 Å². The van der Waals surface area contributed by atoms with Crippen molar-refractivity contribution >= 4 is 23.7 Å². The van der Waals surface area contributed by atoms with Crippen LogP contribution in [0.2, 0.25) is 0 Å². The van der Waals surface area contributed by atoms with Crippen molar-refractivity contribution in [2.75, 3.05) is 18.1 Å². The number of nitro benzene ring substituents is 1. The molecule has 0 unspecified atom stereocenters. The van der Waals surface area contributed by atoms with Crippen LogP contribution in [0.3, 0.4) is 0 Å². The van der Waals surface area contributed by atoms with E-state index >= 15 is 0 Å². The summed E-state index contributed by atoms with van der Waals surface area (Å²) in [6.45, 7) is 2.53. The van der Waals surface area contributed by atoms with E-state index in [9.17, 15) is 14.9 Å². The molecule has 0 saturated carbocycles. The van der Waals surface area contributed by atoms with Crippen molar-refractivity contribution < 1.29 is 14.5 Å². The third kappa shape index (κ3) is 4.07. The maximum Gasteiger partial charge on any atom is 0.270 e. The fraction of sp³-hybridized carbons (Fsp3) is 0.364. The highest BCUT2D eigenvalue weighted by molar-refractivity contribution is 7.99. The molecule has 5 nitrogen and oxygen atoms in total. The molecule has 0 aliphatic carbocycles. The summed E-state index contributed by atoms with van der Waals surface area (Å²) >= 11 is 1.73. The van der Waals surface area contributed by atoms with Gasteiger partial charge in [0.25, 0.3) is 5.69 Å². The molecule has 17 heavy (non-hydrogen) atoms. The number of rotatable bonds is 7. The monoisotopic (exact) mass is 255 g/mol. The summed E-state index contributed by atoms with van der Waals surface area (Å²) in [7, 11) is 0. The number of carbonyl (C=O) groups excluding carboxylic acids is 1. The molecule has 0 bridgehead atoms. The van der Waals surface area contributed by atoms with Crippen LogP contribution in [-0.4, -0.2) is 29.3 Å². The summed E-state index contributed by atoms with van der Waals surface area (Å²) in [6, 6.07) is 4.00. The highest BCUT2D eigenvalue weighted by atomic mass is 32.2. The summed E-state index contributed by atoms with van der Waals surface area (Å²) in [5.74, 6) is 2.22. The number of ether oxygens (including phenoxy) is 1. The van der Waals surface area contributed by atoms with Crippen LogP contribution in [0.15, 0.2) is 18.2 Å². The van der Waals surface area contributed by atoms with Crippen LogP contribution in [0.25, 0.3) is 0 Å². The number of carbonyl (C=O) groups is 1. The lowest BCUT2D eigenvalue weighted by molar-refractivity contribution is -0.384. The molecule has 1 aromatic rings. The normalized spacial score (nSPS) is 9.94. The maximum absolute atomic E-state index is 10.8. The van der Waals surface area contributed by atoms with Gasteiger partial charge in [-0.15, -0.1) is 0 Å². The van der Waals surface area contributed by atoms with Gasteiger partial charge >= 0.3 is 0 Å². The van der Waals surface area contributed by atoms with Crippen LogP contribution in [-0.2, 0) is 0 Å². The van der Waals surface area contributed by atoms with Gasteiger partial charge < -0.3 is 4.74 Å². The third-order valence-electron chi connectivity index (χ3n) is 2.02. The fourth-order valence-electron chi connectivity index (χ4n) is 1.23. The van der Waals surface area contributed by atoms with Gasteiger partial charge in [0.1, 0.15) is 5.75 Å². The second-order valence-electron chi connectivity index (χ2n) is 3.14. The van der Waals surface area contributed by atoms with Crippen molar-refractivity contribution in [3.8, 4) is 5.75 Å². The molecule has 0 fully saturated rings. The van der Waals surface area contributed by atoms with Crippen LogP contribution in [0.5, 0.6) is 5.75 Å². The molecule has 0 spiro atoms. The Kier molecular flexibility index (Phi) is 5.48. The van der Waals surface area contributed by atoms with E-state index in [1.807, 2.05) is 6.92 Å². The largest absolute Gasteiger partial charge is 0.492 e. The van der Waals surface area contributed by atoms with Crippen molar-refractivity contribution in [2.45, 2.75) is 6.92 Å². The lowest BCUT2D eigenvalue weighted by Crippen LogP contribution is -2.03. The highest BCUT2D eigenvalue weighted by Crippen LogP contribution is 2.22. The Labute approximate surface area is 103 Å². The third-order valence-corrected chi connectivity index (χ3v) is 2.88. The van der Waals surface area contributed by atoms with Crippen LogP contribution >= 0.6 is 11.8 Å². The molecule has 1 rings (SSSR count). The number of benzene rings is 1. The number of hydrogen-bond acceptors (Lipinski definition) is 5. The lowest BCUT2D eigenvalue weighted by Gasteiger charge is -2.07. The predicted molar refractivity (Wildman–Crippen MR) is 67.0 cm³/mol. The molecule has 0 aliphatic heterocycles. The lowest BCUT2D eigenvalue weighted by atomic mass is 10.2. The molecule has 92 valence electrons. The number of thioether (sulfide) groups is 1. The highest BCUT2D eigenvalue weighted by Gasteiger charge is 2.10. The van der Waals surface area contributed by atoms with E-state index < -0.39 is 4.92 Å². The molecule has 0 aliphatic rings. The van der Waals surface area contributed by atoms with Crippen LogP contribution in [0.4, 0.5) is 5.69 Å². The summed E-state index contributed by atoms with van der Waals surface area (Å²) < 4.78 is 5.39. The van der Waals surface area contributed by atoms with Gasteiger partial charge in [0.05, 0.1) is 17.1 Å². The number of non-ortho nitro benzene ring substituents is 1. The second kappa shape index (κ2) is 6.90. The first-order valence-corrected chi connectivity index (χ1v) is 6.28. The number of hydrogen-bond donors (Lipinski definition) is 0. The molecule has 0 heterocycles. The minimum atomic E-state index is -0.538. The van der Waals surface area contributed by atoms with E-state index in [4.69, 9.17) is 4.74 Å². The Balaban J connectivity index is 2.71. The average Bonchev–Trinajstić information content (AvgIpc) is 2.34. The number of nitro groups is 1. The molecular weight excluding hydrogens is 242 g/mol. The molecule has 0 saturated heterocycles. The molecule has 6 heteroatoms. The second-order valence-corrected chi connectivity index (χ2v) is 4.54. The Morgan fingerprint density at radius 2 is 2.29 bits per heavy atom. The SMILES string of the molecule is CCSCCOc1ccc([N+](=O)[O-])cc1C=O. The van der Waals surface area contributed by atoms with Gasteiger partial charge in [-0.1, -0.05) is 6.92 Å². The summed E-state index contributed by atoms with van der Waals surface area (Å²) in [5.41, 5.74) is 0.100. The van der Waals surface area contributed by atoms with Gasteiger partial charge in [-0.2, -0.15) is 11.8 Å². The molecule has 1 aromatic carbocycles. The van der Waals surface area contributed by atoms with Crippen LogP contribution in [0, 0.1) is 10.1 Å². The zero-order valence-corrected chi connectivity index (χ0v) is 10.2. The number of nitrogens with zero attached hydrogens (tertiary/aromatic N) is 1. The van der Waals surface area contributed by atoms with E-state index in [1.165, 1.54) is 18.2 Å². The fourth-order valence-corrected chi connectivity index (χ4v) is 1.72. The van der Waals surface area contributed by atoms with Gasteiger partial charge in [-0.25, -0.2) is 0 Å². The van der Waals surface area contributed by atoms with Crippen LogP contribution < -0.4 is 4.74 Å². The molecule has 0 radical (unpaired) electrons. The van der Waals surface area contributed by atoms with E-state index in [-0.39, 0.29) is 11.3 Å². The molecule has 0 aromatic heterocycles. The number of aldehydes is 1. The van der Waals surface area contributed by atoms with E-state index in [2.05, 4.69) is 0 Å². The van der Waals surface area contributed by atoms with Crippen molar-refractivity contribution in [1.82, 2.24) is 0 Å². The average molecular weight is 255 g/mol. The van der Waals surface area contributed by atoms with Crippen molar-refractivity contribution in [2.24, 2.45) is 0 Å². The minimum absolute atomic E-state index is 0.109. The topological polar surface area (TPSA) is 69.4 Å². The standard InChI is InChI=1S/C11H13NO4S/c1-2-17-6-5-16-11-4-3-10(12(14)15)7-9(11)8-13/h3-4,7-8H,2,5-6H2,1H3. The quantitative estimate of drug-likeness (QED) is 0.324. The van der Waals surface area contributed by atoms with E-state index in [0.717, 1.165) is 11.5 Å². The summed E-state index contributed by atoms with van der Waals surface area (Å²) in [5, 5.41) is 10.5. The first-order valence-electron chi connectivity index (χ1n) is 5.13. The minimum Gasteiger partial charge on any atom is -0.492 e. The molecule has 0 amide bonds. The van der Waals surface area contributed by atoms with E-state index in [0.29, 0.717) is 18.6 Å². The van der Waals surface area contributed by atoms with Gasteiger partial charge in [0, 0.05) is 17.9 Å². The smallest absolute Gasteiger partial charge is 0.270 e. The Morgan fingerprint density at radius 3 is 2.88 bits per heavy atom. The zero-order valence-electron chi connectivity index (χ0n) is 9.42. The first-order chi connectivity index (χ1) is 8.19. The molecule has 0 N–H and O–H groups in total. The van der Waals surface area contributed by atoms with Gasteiger partial charge in [-0.05, 0) is 11.8 Å². The van der Waals surface area contributed by atoms with Crippen molar-refractivity contribution in [3.63, 3.8) is 0 Å². The van der Waals surface area contributed by atoms with Crippen molar-refractivity contribution in [3.05, 3.63) is 33.9 Å².